The van der Waals surface area contributed by atoms with E-state index in [9.17, 15) is 0 Å². The number of halogens is 1. The van der Waals surface area contributed by atoms with E-state index in [0.717, 1.165) is 6.42 Å². The van der Waals surface area contributed by atoms with Crippen LogP contribution >= 0.6 is 15.9 Å². The van der Waals surface area contributed by atoms with Gasteiger partial charge in [-0.05, 0) is 59.7 Å². The maximum absolute atomic E-state index is 3.72. The van der Waals surface area contributed by atoms with Gasteiger partial charge in [-0.25, -0.2) is 0 Å². The molecule has 2 aromatic rings. The summed E-state index contributed by atoms with van der Waals surface area (Å²) in [6.45, 7) is 4.35. The third kappa shape index (κ3) is 1.83. The van der Waals surface area contributed by atoms with Crippen LogP contribution in [-0.2, 0) is 6.42 Å². The topological polar surface area (TPSA) is 0 Å². The summed E-state index contributed by atoms with van der Waals surface area (Å²) >= 11 is 3.72. The summed E-state index contributed by atoms with van der Waals surface area (Å²) < 4.78 is 1.21. The van der Waals surface area contributed by atoms with Crippen LogP contribution in [0.25, 0.3) is 16.7 Å². The maximum Gasteiger partial charge on any atom is 0.0259 e. The van der Waals surface area contributed by atoms with Crippen molar-refractivity contribution < 1.29 is 0 Å². The Bertz CT molecular complexity index is 651. The van der Waals surface area contributed by atoms with Crippen LogP contribution in [-0.4, -0.2) is 0 Å². The molecule has 0 N–H and O–H groups in total. The molecule has 2 aromatic carbocycles. The molecule has 0 saturated heterocycles. The fourth-order valence-corrected chi connectivity index (χ4v) is 3.50. The number of hydrogen-bond acceptors (Lipinski definition) is 0. The molecule has 3 rings (SSSR count). The van der Waals surface area contributed by atoms with Crippen molar-refractivity contribution in [2.24, 2.45) is 0 Å². The van der Waals surface area contributed by atoms with Crippen molar-refractivity contribution in [1.82, 2.24) is 0 Å². The van der Waals surface area contributed by atoms with Gasteiger partial charge >= 0.3 is 0 Å². The van der Waals surface area contributed by atoms with Gasteiger partial charge < -0.3 is 0 Å². The fraction of sp³-hybridized carbons (Fsp3) is 0.176. The van der Waals surface area contributed by atoms with Crippen molar-refractivity contribution in [2.75, 3.05) is 0 Å². The van der Waals surface area contributed by atoms with Crippen molar-refractivity contribution in [3.8, 4) is 11.1 Å². The van der Waals surface area contributed by atoms with Gasteiger partial charge in [-0.3, -0.25) is 0 Å². The van der Waals surface area contributed by atoms with E-state index < -0.39 is 0 Å². The quantitative estimate of drug-likeness (QED) is 0.663. The van der Waals surface area contributed by atoms with Gasteiger partial charge in [-0.1, -0.05) is 52.3 Å². The first-order chi connectivity index (χ1) is 8.66. The molecule has 0 aliphatic heterocycles. The molecule has 0 bridgehead atoms. The number of benzene rings is 2. The highest BCUT2D eigenvalue weighted by atomic mass is 79.9. The van der Waals surface area contributed by atoms with Crippen LogP contribution in [0.15, 0.2) is 46.9 Å². The van der Waals surface area contributed by atoms with Gasteiger partial charge in [0.05, 0.1) is 0 Å². The van der Waals surface area contributed by atoms with E-state index in [2.05, 4.69) is 72.3 Å². The Morgan fingerprint density at radius 2 is 1.83 bits per heavy atom. The second-order valence-corrected chi connectivity index (χ2v) is 5.75. The monoisotopic (exact) mass is 298 g/mol. The van der Waals surface area contributed by atoms with Gasteiger partial charge in [0.1, 0.15) is 0 Å². The third-order valence-corrected chi connectivity index (χ3v) is 4.28. The van der Waals surface area contributed by atoms with Gasteiger partial charge in [0.15, 0.2) is 0 Å². The van der Waals surface area contributed by atoms with E-state index in [0.29, 0.717) is 0 Å². The smallest absolute Gasteiger partial charge is 0.0259 e. The number of allylic oxidation sites excluding steroid dienone is 2. The zero-order valence-electron chi connectivity index (χ0n) is 10.6. The maximum atomic E-state index is 3.72. The van der Waals surface area contributed by atoms with E-state index in [1.807, 2.05) is 0 Å². The molecule has 0 heterocycles. The highest BCUT2D eigenvalue weighted by Crippen LogP contribution is 2.37. The second-order valence-electron chi connectivity index (χ2n) is 4.90. The molecule has 0 spiro atoms. The van der Waals surface area contributed by atoms with Crippen LogP contribution < -0.4 is 0 Å². The van der Waals surface area contributed by atoms with E-state index in [4.69, 9.17) is 0 Å². The SMILES string of the molecule is CC1=CCc2cc(-c3ccccc3C)cc(Br)c21. The molecule has 0 aromatic heterocycles. The molecule has 18 heavy (non-hydrogen) atoms. The fourth-order valence-electron chi connectivity index (χ4n) is 2.68. The molecular formula is C17H15Br. The number of hydrogen-bond donors (Lipinski definition) is 0. The Kier molecular flexibility index (Phi) is 2.87. The molecule has 0 amide bonds. The molecule has 0 radical (unpaired) electrons. The lowest BCUT2D eigenvalue weighted by atomic mass is 9.96. The number of aryl methyl sites for hydroxylation is 1. The lowest BCUT2D eigenvalue weighted by molar-refractivity contribution is 1.30. The summed E-state index contributed by atoms with van der Waals surface area (Å²) in [5.74, 6) is 0. The average molecular weight is 299 g/mol. The van der Waals surface area contributed by atoms with Crippen molar-refractivity contribution in [3.05, 3.63) is 63.6 Å². The van der Waals surface area contributed by atoms with Gasteiger partial charge in [-0.2, -0.15) is 0 Å². The zero-order chi connectivity index (χ0) is 12.7. The lowest BCUT2D eigenvalue weighted by Crippen LogP contribution is -1.89. The summed E-state index contributed by atoms with van der Waals surface area (Å²) in [6, 6.07) is 13.1. The first kappa shape index (κ1) is 11.7. The summed E-state index contributed by atoms with van der Waals surface area (Å²) in [7, 11) is 0. The molecule has 0 nitrogen and oxygen atoms in total. The summed E-state index contributed by atoms with van der Waals surface area (Å²) in [5.41, 5.74) is 8.15. The Balaban J connectivity index is 2.18. The van der Waals surface area contributed by atoms with E-state index in [1.54, 1.807) is 0 Å². The van der Waals surface area contributed by atoms with Gasteiger partial charge in [0.25, 0.3) is 0 Å². The molecule has 1 heteroatoms. The Morgan fingerprint density at radius 1 is 1.06 bits per heavy atom. The van der Waals surface area contributed by atoms with E-state index >= 15 is 0 Å². The zero-order valence-corrected chi connectivity index (χ0v) is 12.2. The predicted molar refractivity (Wildman–Crippen MR) is 81.7 cm³/mol. The molecular weight excluding hydrogens is 284 g/mol. The van der Waals surface area contributed by atoms with Crippen LogP contribution in [0.5, 0.6) is 0 Å². The second kappa shape index (κ2) is 4.40. The van der Waals surface area contributed by atoms with Gasteiger partial charge in [-0.15, -0.1) is 0 Å². The average Bonchev–Trinajstić information content (AvgIpc) is 2.72. The van der Waals surface area contributed by atoms with Crippen LogP contribution in [0.1, 0.15) is 23.6 Å². The number of fused-ring (bicyclic) bond motifs is 1. The Labute approximate surface area is 116 Å². The van der Waals surface area contributed by atoms with Gasteiger partial charge in [0, 0.05) is 4.47 Å². The van der Waals surface area contributed by atoms with Crippen molar-refractivity contribution >= 4 is 21.5 Å². The first-order valence-electron chi connectivity index (χ1n) is 6.22. The van der Waals surface area contributed by atoms with Crippen LogP contribution in [0.3, 0.4) is 0 Å². The molecule has 0 atom stereocenters. The standard InChI is InChI=1S/C17H15Br/c1-11-5-3-4-6-15(11)14-9-13-8-7-12(2)17(13)16(18)10-14/h3-7,9-10H,8H2,1-2H3. The van der Waals surface area contributed by atoms with Gasteiger partial charge in [0.2, 0.25) is 0 Å². The molecule has 90 valence electrons. The largest absolute Gasteiger partial charge is 0.0765 e. The minimum atomic E-state index is 1.06. The lowest BCUT2D eigenvalue weighted by Gasteiger charge is -2.11. The van der Waals surface area contributed by atoms with Crippen LogP contribution in [0, 0.1) is 6.92 Å². The number of rotatable bonds is 1. The van der Waals surface area contributed by atoms with Crippen LogP contribution in [0.4, 0.5) is 0 Å². The minimum absolute atomic E-state index is 1.06. The molecule has 1 aliphatic rings. The molecule has 1 aliphatic carbocycles. The van der Waals surface area contributed by atoms with E-state index in [1.165, 1.54) is 37.9 Å². The highest BCUT2D eigenvalue weighted by Gasteiger charge is 2.16. The predicted octanol–water partition coefficient (Wildman–Crippen LogP) is 5.38. The highest BCUT2D eigenvalue weighted by molar-refractivity contribution is 9.10. The van der Waals surface area contributed by atoms with Crippen molar-refractivity contribution in [2.45, 2.75) is 20.3 Å². The summed E-state index contributed by atoms with van der Waals surface area (Å²) in [4.78, 5) is 0. The normalized spacial score (nSPS) is 13.4. The minimum Gasteiger partial charge on any atom is -0.0765 e. The Hall–Kier alpha value is -1.34. The van der Waals surface area contributed by atoms with Crippen molar-refractivity contribution in [1.29, 1.82) is 0 Å². The first-order valence-corrected chi connectivity index (χ1v) is 7.01. The van der Waals surface area contributed by atoms with Crippen LogP contribution in [0.2, 0.25) is 0 Å². The molecule has 0 fully saturated rings. The summed E-state index contributed by atoms with van der Waals surface area (Å²) in [5, 5.41) is 0. The van der Waals surface area contributed by atoms with Crippen molar-refractivity contribution in [3.63, 3.8) is 0 Å². The Morgan fingerprint density at radius 3 is 2.61 bits per heavy atom. The molecule has 0 saturated carbocycles. The summed E-state index contributed by atoms with van der Waals surface area (Å²) in [6.07, 6.45) is 3.36. The third-order valence-electron chi connectivity index (χ3n) is 3.65. The van der Waals surface area contributed by atoms with E-state index in [-0.39, 0.29) is 0 Å². The molecule has 0 unspecified atom stereocenters.